The maximum absolute atomic E-state index is 11.8. The molecule has 9 heteroatoms. The van der Waals surface area contributed by atoms with Crippen LogP contribution in [0, 0.1) is 0 Å². The fraction of sp³-hybridized carbons (Fsp3) is 0.250. The minimum absolute atomic E-state index is 0.00411. The molecule has 0 aromatic carbocycles. The van der Waals surface area contributed by atoms with Crippen molar-refractivity contribution in [3.8, 4) is 5.75 Å². The lowest BCUT2D eigenvalue weighted by atomic mass is 10.3. The Kier molecular flexibility index (Phi) is 4.12. The highest BCUT2D eigenvalue weighted by molar-refractivity contribution is 6.02. The molecule has 1 fully saturated rings. The van der Waals surface area contributed by atoms with E-state index in [0.29, 0.717) is 5.06 Å². The number of aromatic nitrogens is 1. The Balaban J connectivity index is 2.09. The fourth-order valence-corrected chi connectivity index (χ4v) is 1.52. The summed E-state index contributed by atoms with van der Waals surface area (Å²) in [5.41, 5.74) is -0.0936. The normalized spacial score (nSPS) is 14.0. The summed E-state index contributed by atoms with van der Waals surface area (Å²) in [6, 6.07) is 1.16. The summed E-state index contributed by atoms with van der Waals surface area (Å²) >= 11 is 0. The monoisotopic (exact) mass is 294 g/mol. The summed E-state index contributed by atoms with van der Waals surface area (Å²) in [5, 5.41) is 0.413. The number of ether oxygens (including phenoxy) is 2. The second-order valence-electron chi connectivity index (χ2n) is 3.93. The molecular weight excluding hydrogens is 284 g/mol. The third-order valence-electron chi connectivity index (χ3n) is 2.50. The molecule has 0 saturated carbocycles. The van der Waals surface area contributed by atoms with E-state index >= 15 is 0 Å². The number of carbonyl (C=O) groups excluding carboxylic acids is 4. The van der Waals surface area contributed by atoms with Crippen LogP contribution in [0.1, 0.15) is 23.2 Å². The predicted octanol–water partition coefficient (Wildman–Crippen LogP) is 0.448. The summed E-state index contributed by atoms with van der Waals surface area (Å²) in [6.07, 6.45) is 1.33. The van der Waals surface area contributed by atoms with Crippen LogP contribution in [0.25, 0.3) is 0 Å². The number of hydrogen-bond donors (Lipinski definition) is 0. The summed E-state index contributed by atoms with van der Waals surface area (Å²) in [5.74, 6) is -2.21. The first-order valence-corrected chi connectivity index (χ1v) is 5.80. The van der Waals surface area contributed by atoms with Gasteiger partial charge in [-0.15, -0.1) is 5.06 Å². The van der Waals surface area contributed by atoms with E-state index in [0.717, 1.165) is 19.4 Å². The zero-order valence-electron chi connectivity index (χ0n) is 10.9. The predicted molar refractivity (Wildman–Crippen MR) is 63.8 cm³/mol. The molecule has 2 heterocycles. The Morgan fingerprint density at radius 3 is 2.48 bits per heavy atom. The minimum Gasteiger partial charge on any atom is -0.437 e. The van der Waals surface area contributed by atoms with Crippen molar-refractivity contribution < 1.29 is 33.5 Å². The third kappa shape index (κ3) is 3.32. The molecule has 1 aromatic rings. The van der Waals surface area contributed by atoms with Crippen LogP contribution < -0.4 is 4.74 Å². The van der Waals surface area contributed by atoms with Gasteiger partial charge in [-0.05, 0) is 6.07 Å². The Morgan fingerprint density at radius 1 is 1.19 bits per heavy atom. The van der Waals surface area contributed by atoms with Gasteiger partial charge >= 0.3 is 12.1 Å². The average molecular weight is 294 g/mol. The Bertz CT molecular complexity index is 597. The smallest absolute Gasteiger partial charge is 0.437 e. The van der Waals surface area contributed by atoms with Crippen molar-refractivity contribution in [1.82, 2.24) is 10.0 Å². The zero-order chi connectivity index (χ0) is 15.4. The number of hydrogen-bond acceptors (Lipinski definition) is 8. The van der Waals surface area contributed by atoms with E-state index in [-0.39, 0.29) is 24.2 Å². The van der Waals surface area contributed by atoms with Crippen LogP contribution in [0.15, 0.2) is 18.5 Å². The van der Waals surface area contributed by atoms with Crippen molar-refractivity contribution in [3.63, 3.8) is 0 Å². The summed E-state index contributed by atoms with van der Waals surface area (Å²) < 4.78 is 8.98. The van der Waals surface area contributed by atoms with Gasteiger partial charge in [0.2, 0.25) is 0 Å². The zero-order valence-corrected chi connectivity index (χ0v) is 10.9. The number of imide groups is 1. The van der Waals surface area contributed by atoms with Crippen LogP contribution in [0.4, 0.5) is 4.79 Å². The Labute approximate surface area is 118 Å². The maximum atomic E-state index is 11.8. The standard InChI is InChI=1S/C12H10N2O7/c1-19-12(18)20-8-4-7(5-13-6-8)11(17)21-14-9(15)2-3-10(14)16/h4-6H,2-3H2,1H3. The molecule has 110 valence electrons. The fourth-order valence-electron chi connectivity index (χ4n) is 1.52. The topological polar surface area (TPSA) is 112 Å². The van der Waals surface area contributed by atoms with Crippen molar-refractivity contribution in [2.75, 3.05) is 7.11 Å². The second kappa shape index (κ2) is 5.99. The molecule has 0 aliphatic carbocycles. The second-order valence-corrected chi connectivity index (χ2v) is 3.93. The van der Waals surface area contributed by atoms with Gasteiger partial charge in [-0.3, -0.25) is 14.6 Å². The van der Waals surface area contributed by atoms with Gasteiger partial charge in [-0.2, -0.15) is 0 Å². The van der Waals surface area contributed by atoms with Crippen LogP contribution in [0.3, 0.4) is 0 Å². The Hall–Kier alpha value is -2.97. The van der Waals surface area contributed by atoms with Gasteiger partial charge in [-0.1, -0.05) is 0 Å². The third-order valence-corrected chi connectivity index (χ3v) is 2.50. The molecule has 0 atom stereocenters. The summed E-state index contributed by atoms with van der Waals surface area (Å²) in [7, 11) is 1.12. The van der Waals surface area contributed by atoms with Crippen LogP contribution >= 0.6 is 0 Å². The number of amides is 2. The van der Waals surface area contributed by atoms with Crippen molar-refractivity contribution in [3.05, 3.63) is 24.0 Å². The number of hydroxylamine groups is 2. The van der Waals surface area contributed by atoms with Crippen molar-refractivity contribution in [2.45, 2.75) is 12.8 Å². The van der Waals surface area contributed by atoms with Crippen molar-refractivity contribution in [2.24, 2.45) is 0 Å². The van der Waals surface area contributed by atoms with Crippen molar-refractivity contribution in [1.29, 1.82) is 0 Å². The highest BCUT2D eigenvalue weighted by atomic mass is 16.7. The molecule has 21 heavy (non-hydrogen) atoms. The first-order valence-electron chi connectivity index (χ1n) is 5.80. The SMILES string of the molecule is COC(=O)Oc1cncc(C(=O)ON2C(=O)CCC2=O)c1. The number of nitrogens with zero attached hydrogens (tertiary/aromatic N) is 2. The largest absolute Gasteiger partial charge is 0.513 e. The highest BCUT2D eigenvalue weighted by Gasteiger charge is 2.33. The van der Waals surface area contributed by atoms with Crippen LogP contribution in [0.5, 0.6) is 5.75 Å². The van der Waals surface area contributed by atoms with Gasteiger partial charge in [0.15, 0.2) is 5.75 Å². The van der Waals surface area contributed by atoms with E-state index in [2.05, 4.69) is 14.5 Å². The number of rotatable bonds is 3. The average Bonchev–Trinajstić information content (AvgIpc) is 2.79. The van der Waals surface area contributed by atoms with Crippen LogP contribution in [-0.2, 0) is 19.2 Å². The molecule has 0 N–H and O–H groups in total. The van der Waals surface area contributed by atoms with Gasteiger partial charge in [0, 0.05) is 19.0 Å². The van der Waals surface area contributed by atoms with Gasteiger partial charge in [0.1, 0.15) is 0 Å². The maximum Gasteiger partial charge on any atom is 0.513 e. The first-order chi connectivity index (χ1) is 10.0. The van der Waals surface area contributed by atoms with E-state index in [1.165, 1.54) is 6.20 Å². The van der Waals surface area contributed by atoms with E-state index in [1.807, 2.05) is 0 Å². The van der Waals surface area contributed by atoms with E-state index < -0.39 is 23.9 Å². The van der Waals surface area contributed by atoms with Crippen LogP contribution in [-0.4, -0.2) is 41.1 Å². The molecule has 2 amide bonds. The highest BCUT2D eigenvalue weighted by Crippen LogP contribution is 2.16. The summed E-state index contributed by atoms with van der Waals surface area (Å²) in [4.78, 5) is 53.8. The number of carbonyl (C=O) groups is 4. The lowest BCUT2D eigenvalue weighted by Gasteiger charge is -2.12. The van der Waals surface area contributed by atoms with Crippen LogP contribution in [0.2, 0.25) is 0 Å². The van der Waals surface area contributed by atoms with Gasteiger partial charge in [-0.25, -0.2) is 9.59 Å². The molecule has 1 aromatic heterocycles. The minimum atomic E-state index is -0.979. The van der Waals surface area contributed by atoms with E-state index in [1.54, 1.807) is 0 Å². The number of methoxy groups -OCH3 is 1. The molecule has 0 radical (unpaired) electrons. The lowest BCUT2D eigenvalue weighted by molar-refractivity contribution is -0.172. The molecule has 0 spiro atoms. The van der Waals surface area contributed by atoms with Gasteiger partial charge in [0.25, 0.3) is 11.8 Å². The van der Waals surface area contributed by atoms with Gasteiger partial charge < -0.3 is 14.3 Å². The molecular formula is C12H10N2O7. The quantitative estimate of drug-likeness (QED) is 0.583. The molecule has 1 aliphatic rings. The Morgan fingerprint density at radius 2 is 1.86 bits per heavy atom. The molecule has 0 unspecified atom stereocenters. The molecule has 2 rings (SSSR count). The molecule has 1 saturated heterocycles. The lowest BCUT2D eigenvalue weighted by Crippen LogP contribution is -2.32. The number of pyridine rings is 1. The molecule has 1 aliphatic heterocycles. The first kappa shape index (κ1) is 14.4. The van der Waals surface area contributed by atoms with Crippen molar-refractivity contribution >= 4 is 23.9 Å². The summed E-state index contributed by atoms with van der Waals surface area (Å²) in [6.45, 7) is 0. The van der Waals surface area contributed by atoms with E-state index in [9.17, 15) is 19.2 Å². The van der Waals surface area contributed by atoms with Gasteiger partial charge in [0.05, 0.1) is 18.9 Å². The molecule has 9 nitrogen and oxygen atoms in total. The van der Waals surface area contributed by atoms with E-state index in [4.69, 9.17) is 4.84 Å². The molecule has 0 bridgehead atoms.